The summed E-state index contributed by atoms with van der Waals surface area (Å²) in [6.07, 6.45) is 8.98. The van der Waals surface area contributed by atoms with Gasteiger partial charge in [-0.15, -0.1) is 12.4 Å². The van der Waals surface area contributed by atoms with E-state index < -0.39 is 12.1 Å². The monoisotopic (exact) mass is 373 g/mol. The van der Waals surface area contributed by atoms with Crippen LogP contribution in [0, 0.1) is 0 Å². The Labute approximate surface area is 155 Å². The zero-order chi connectivity index (χ0) is 17.8. The van der Waals surface area contributed by atoms with Crippen LogP contribution in [0.3, 0.4) is 0 Å². The van der Waals surface area contributed by atoms with Gasteiger partial charge in [0.05, 0.1) is 31.7 Å². The van der Waals surface area contributed by atoms with E-state index in [1.807, 2.05) is 0 Å². The molecule has 7 heteroatoms. The highest BCUT2D eigenvalue weighted by Crippen LogP contribution is 2.27. The molecule has 0 radical (unpaired) electrons. The molecule has 1 heterocycles. The van der Waals surface area contributed by atoms with E-state index in [1.165, 1.54) is 7.11 Å². The summed E-state index contributed by atoms with van der Waals surface area (Å²) in [6.45, 7) is 2.41. The van der Waals surface area contributed by atoms with Crippen LogP contribution in [0.2, 0.25) is 0 Å². The minimum absolute atomic E-state index is 0. The van der Waals surface area contributed by atoms with E-state index in [1.54, 1.807) is 24.4 Å². The third-order valence-corrected chi connectivity index (χ3v) is 3.46. The second kappa shape index (κ2) is 13.5. The molecular weight excluding hydrogens is 346 g/mol. The number of nitrogens with zero attached hydrogens (tertiary/aromatic N) is 1. The Morgan fingerprint density at radius 2 is 2.08 bits per heavy atom. The van der Waals surface area contributed by atoms with Crippen molar-refractivity contribution in [2.24, 2.45) is 0 Å². The van der Waals surface area contributed by atoms with Gasteiger partial charge in [0.15, 0.2) is 11.5 Å². The number of carboxylic acids is 1. The van der Waals surface area contributed by atoms with Gasteiger partial charge in [-0.3, -0.25) is 9.78 Å². The first-order chi connectivity index (χ1) is 11.6. The first-order valence-electron chi connectivity index (χ1n) is 8.31. The fourth-order valence-corrected chi connectivity index (χ4v) is 2.11. The second-order valence-electron chi connectivity index (χ2n) is 5.53. The van der Waals surface area contributed by atoms with E-state index in [0.29, 0.717) is 23.6 Å². The number of aromatic nitrogens is 1. The first kappa shape index (κ1) is 23.2. The number of ether oxygens (including phenoxy) is 2. The van der Waals surface area contributed by atoms with E-state index >= 15 is 0 Å². The molecule has 142 valence electrons. The Bertz CT molecular complexity index is 536. The van der Waals surface area contributed by atoms with E-state index in [4.69, 9.17) is 14.6 Å². The zero-order valence-electron chi connectivity index (χ0n) is 14.8. The van der Waals surface area contributed by atoms with Gasteiger partial charge in [0.2, 0.25) is 0 Å². The number of aliphatic hydroxyl groups excluding tert-OH is 1. The fraction of sp³-hybridized carbons (Fsp3) is 0.556. The number of aliphatic carboxylic acids is 1. The Morgan fingerprint density at radius 1 is 1.32 bits per heavy atom. The van der Waals surface area contributed by atoms with Crippen molar-refractivity contribution in [3.05, 3.63) is 24.0 Å². The molecule has 1 aromatic heterocycles. The van der Waals surface area contributed by atoms with Crippen LogP contribution in [0.4, 0.5) is 0 Å². The Kier molecular flexibility index (Phi) is 12.5. The number of carbonyl (C=O) groups is 1. The molecule has 0 aliphatic heterocycles. The molecule has 6 nitrogen and oxygen atoms in total. The van der Waals surface area contributed by atoms with Crippen molar-refractivity contribution in [1.82, 2.24) is 4.98 Å². The van der Waals surface area contributed by atoms with Gasteiger partial charge in [0.1, 0.15) is 0 Å². The number of methoxy groups -OCH3 is 1. The summed E-state index contributed by atoms with van der Waals surface area (Å²) in [4.78, 5) is 14.7. The van der Waals surface area contributed by atoms with Gasteiger partial charge in [-0.2, -0.15) is 0 Å². The summed E-state index contributed by atoms with van der Waals surface area (Å²) in [5.41, 5.74) is 0.651. The molecule has 1 aromatic rings. The number of rotatable bonds is 12. The highest BCUT2D eigenvalue weighted by atomic mass is 35.5. The fourth-order valence-electron chi connectivity index (χ4n) is 2.11. The van der Waals surface area contributed by atoms with Crippen LogP contribution in [-0.2, 0) is 4.79 Å². The zero-order valence-corrected chi connectivity index (χ0v) is 15.6. The van der Waals surface area contributed by atoms with E-state index in [9.17, 15) is 9.90 Å². The molecule has 2 N–H and O–H groups in total. The molecule has 0 bridgehead atoms. The predicted octanol–water partition coefficient (Wildman–Crippen LogP) is 3.71. The molecule has 0 amide bonds. The first-order valence-corrected chi connectivity index (χ1v) is 8.31. The van der Waals surface area contributed by atoms with Crippen LogP contribution in [0.1, 0.15) is 51.1 Å². The van der Waals surface area contributed by atoms with E-state index in [0.717, 1.165) is 25.7 Å². The summed E-state index contributed by atoms with van der Waals surface area (Å²) in [5, 5.41) is 18.5. The molecule has 1 unspecified atom stereocenters. The summed E-state index contributed by atoms with van der Waals surface area (Å²) in [6, 6.07) is 1.72. The van der Waals surface area contributed by atoms with Crippen molar-refractivity contribution >= 4 is 24.5 Å². The molecule has 0 aliphatic carbocycles. The maximum Gasteiger partial charge on any atom is 0.303 e. The lowest BCUT2D eigenvalue weighted by Crippen LogP contribution is -2.04. The predicted molar refractivity (Wildman–Crippen MR) is 99.6 cm³/mol. The van der Waals surface area contributed by atoms with E-state index in [2.05, 4.69) is 11.9 Å². The lowest BCUT2D eigenvalue weighted by atomic mass is 10.1. The minimum atomic E-state index is -0.846. The maximum atomic E-state index is 10.5. The van der Waals surface area contributed by atoms with Crippen molar-refractivity contribution in [1.29, 1.82) is 0 Å². The number of pyridine rings is 1. The molecule has 0 aliphatic rings. The lowest BCUT2D eigenvalue weighted by molar-refractivity contribution is -0.137. The number of hydrogen-bond donors (Lipinski definition) is 2. The number of halogens is 1. The normalized spacial score (nSPS) is 11.8. The Hall–Kier alpha value is -1.79. The van der Waals surface area contributed by atoms with Crippen molar-refractivity contribution in [2.75, 3.05) is 13.7 Å². The molecule has 1 rings (SSSR count). The molecule has 1 atom stereocenters. The second-order valence-corrected chi connectivity index (χ2v) is 5.53. The van der Waals surface area contributed by atoms with Gasteiger partial charge >= 0.3 is 5.97 Å². The van der Waals surface area contributed by atoms with Crippen LogP contribution in [0.5, 0.6) is 11.5 Å². The molecule has 0 spiro atoms. The highest BCUT2D eigenvalue weighted by Gasteiger charge is 2.07. The average Bonchev–Trinajstić information content (AvgIpc) is 2.57. The maximum absolute atomic E-state index is 10.5. The quantitative estimate of drug-likeness (QED) is 0.543. The summed E-state index contributed by atoms with van der Waals surface area (Å²) < 4.78 is 10.8. The number of hydrogen-bond acceptors (Lipinski definition) is 5. The van der Waals surface area contributed by atoms with Gasteiger partial charge in [-0.25, -0.2) is 0 Å². The van der Waals surface area contributed by atoms with Gasteiger partial charge in [0, 0.05) is 12.5 Å². The summed E-state index contributed by atoms with van der Waals surface area (Å²) >= 11 is 0. The van der Waals surface area contributed by atoms with Gasteiger partial charge in [0.25, 0.3) is 0 Å². The molecular formula is C18H28ClNO5. The van der Waals surface area contributed by atoms with Crippen molar-refractivity contribution in [3.8, 4) is 11.5 Å². The molecule has 0 saturated heterocycles. The lowest BCUT2D eigenvalue weighted by Gasteiger charge is -2.10. The van der Waals surface area contributed by atoms with Crippen LogP contribution in [0.25, 0.3) is 6.08 Å². The standard InChI is InChI=1S/C18H27NO5.ClH/c1-3-4-5-7-15(20)10-9-14-12-16(17(23-2)13-19-14)24-11-6-8-18(21)22;/h9-10,12-13,15,20H,3-8,11H2,1-2H3,(H,21,22);1H/b10-9+;. The molecule has 25 heavy (non-hydrogen) atoms. The number of unbranched alkanes of at least 4 members (excludes halogenated alkanes) is 2. The van der Waals surface area contributed by atoms with Crippen LogP contribution < -0.4 is 9.47 Å². The summed E-state index contributed by atoms with van der Waals surface area (Å²) in [7, 11) is 1.52. The van der Waals surface area contributed by atoms with Crippen molar-refractivity contribution < 1.29 is 24.5 Å². The minimum Gasteiger partial charge on any atom is -0.491 e. The van der Waals surface area contributed by atoms with Gasteiger partial charge in [-0.05, 0) is 18.9 Å². The SMILES string of the molecule is CCCCCC(O)/C=C/c1cc(OCCCC(=O)O)c(OC)cn1.Cl. The molecule has 0 fully saturated rings. The Morgan fingerprint density at radius 3 is 2.72 bits per heavy atom. The molecule has 0 saturated carbocycles. The van der Waals surface area contributed by atoms with Crippen LogP contribution >= 0.6 is 12.4 Å². The van der Waals surface area contributed by atoms with Crippen LogP contribution in [-0.4, -0.2) is 41.0 Å². The van der Waals surface area contributed by atoms with Crippen LogP contribution in [0.15, 0.2) is 18.3 Å². The van der Waals surface area contributed by atoms with Crippen molar-refractivity contribution in [2.45, 2.75) is 51.6 Å². The van der Waals surface area contributed by atoms with Gasteiger partial charge in [-0.1, -0.05) is 32.3 Å². The number of carboxylic acid groups (broad SMARTS) is 1. The van der Waals surface area contributed by atoms with E-state index in [-0.39, 0.29) is 25.4 Å². The Balaban J connectivity index is 0.00000576. The topological polar surface area (TPSA) is 88.9 Å². The van der Waals surface area contributed by atoms with Crippen molar-refractivity contribution in [3.63, 3.8) is 0 Å². The summed E-state index contributed by atoms with van der Waals surface area (Å²) in [5.74, 6) is 0.157. The average molecular weight is 374 g/mol. The highest BCUT2D eigenvalue weighted by molar-refractivity contribution is 5.85. The van der Waals surface area contributed by atoms with Gasteiger partial charge < -0.3 is 19.7 Å². The third kappa shape index (κ3) is 9.94. The molecule has 0 aromatic carbocycles. The smallest absolute Gasteiger partial charge is 0.303 e. The number of aliphatic hydroxyl groups is 1. The largest absolute Gasteiger partial charge is 0.491 e. The third-order valence-electron chi connectivity index (χ3n) is 3.46.